The van der Waals surface area contributed by atoms with Crippen molar-refractivity contribution in [2.24, 2.45) is 0 Å². The van der Waals surface area contributed by atoms with E-state index in [1.54, 1.807) is 72.7 Å². The van der Waals surface area contributed by atoms with Crippen molar-refractivity contribution in [1.29, 1.82) is 0 Å². The van der Waals surface area contributed by atoms with Gasteiger partial charge in [-0.25, -0.2) is 14.4 Å². The first-order chi connectivity index (χ1) is 16.6. The summed E-state index contributed by atoms with van der Waals surface area (Å²) in [4.78, 5) is 49.0. The number of ether oxygens (including phenoxy) is 3. The van der Waals surface area contributed by atoms with Crippen LogP contribution in [-0.2, 0) is 30.4 Å². The van der Waals surface area contributed by atoms with Gasteiger partial charge in [0.25, 0.3) is 0 Å². The van der Waals surface area contributed by atoms with Crippen molar-refractivity contribution in [2.75, 3.05) is 6.54 Å². The van der Waals surface area contributed by atoms with Gasteiger partial charge >= 0.3 is 18.2 Å². The molecule has 11 heteroatoms. The molecule has 202 valence electrons. The maximum atomic E-state index is 13.0. The summed E-state index contributed by atoms with van der Waals surface area (Å²) in [7, 11) is 0. The second-order valence-corrected chi connectivity index (χ2v) is 10.2. The Labute approximate surface area is 212 Å². The average Bonchev–Trinajstić information content (AvgIpc) is 2.73. The number of hydrogen-bond donors (Lipinski definition) is 4. The first kappa shape index (κ1) is 30.7. The van der Waals surface area contributed by atoms with Crippen LogP contribution in [0.15, 0.2) is 30.3 Å². The minimum atomic E-state index is -1.33. The maximum absolute atomic E-state index is 13.0. The van der Waals surface area contributed by atoms with E-state index in [1.165, 1.54) is 0 Å². The van der Waals surface area contributed by atoms with Crippen molar-refractivity contribution in [1.82, 2.24) is 16.0 Å². The number of carbonyl (C=O) groups excluding carboxylic acids is 3. The standard InChI is InChI=1S/C25H39N3O8/c1-16(35-24(2,3)4)19(28-23(33)34-15-17-11-9-8-10-12-17)20(29)27-18(21(30)31)13-14-26-22(32)36-25(5,6)7/h8-12,16,18-19H,13-15H2,1-7H3,(H,26,32)(H,27,29)(H,28,33)(H,30,31)/t16?,18-,19?/m0/s1. The number of carboxylic acids is 1. The van der Waals surface area contributed by atoms with E-state index in [2.05, 4.69) is 16.0 Å². The van der Waals surface area contributed by atoms with Gasteiger partial charge < -0.3 is 35.3 Å². The summed E-state index contributed by atoms with van der Waals surface area (Å²) in [5, 5.41) is 16.9. The Morgan fingerprint density at radius 1 is 0.917 bits per heavy atom. The number of carboxylic acid groups (broad SMARTS) is 1. The lowest BCUT2D eigenvalue weighted by Gasteiger charge is -2.31. The Kier molecular flexibility index (Phi) is 11.7. The fourth-order valence-corrected chi connectivity index (χ4v) is 3.07. The van der Waals surface area contributed by atoms with Crippen molar-refractivity contribution in [2.45, 2.75) is 90.9 Å². The van der Waals surface area contributed by atoms with Gasteiger partial charge in [-0.1, -0.05) is 30.3 Å². The summed E-state index contributed by atoms with van der Waals surface area (Å²) >= 11 is 0. The second kappa shape index (κ2) is 13.7. The van der Waals surface area contributed by atoms with E-state index >= 15 is 0 Å². The minimum absolute atomic E-state index is 0.0103. The molecule has 1 rings (SSSR count). The van der Waals surface area contributed by atoms with Crippen molar-refractivity contribution < 1.29 is 38.5 Å². The smallest absolute Gasteiger partial charge is 0.408 e. The number of hydrogen-bond acceptors (Lipinski definition) is 7. The lowest BCUT2D eigenvalue weighted by Crippen LogP contribution is -2.57. The largest absolute Gasteiger partial charge is 0.480 e. The molecule has 36 heavy (non-hydrogen) atoms. The number of nitrogens with one attached hydrogen (secondary N) is 3. The molecule has 0 heterocycles. The van der Waals surface area contributed by atoms with Crippen LogP contribution in [0.4, 0.5) is 9.59 Å². The molecule has 0 radical (unpaired) electrons. The molecule has 3 amide bonds. The summed E-state index contributed by atoms with van der Waals surface area (Å²) in [5.74, 6) is -2.07. The van der Waals surface area contributed by atoms with Crippen molar-refractivity contribution >= 4 is 24.1 Å². The summed E-state index contributed by atoms with van der Waals surface area (Å²) in [6, 6.07) is 6.42. The van der Waals surface area contributed by atoms with Gasteiger partial charge in [0.15, 0.2) is 0 Å². The predicted molar refractivity (Wildman–Crippen MR) is 132 cm³/mol. The van der Waals surface area contributed by atoms with E-state index in [0.717, 1.165) is 5.56 Å². The van der Waals surface area contributed by atoms with Crippen molar-refractivity contribution in [3.05, 3.63) is 35.9 Å². The molecule has 0 saturated carbocycles. The van der Waals surface area contributed by atoms with E-state index in [9.17, 15) is 24.3 Å². The Bertz CT molecular complexity index is 878. The van der Waals surface area contributed by atoms with Gasteiger partial charge in [0, 0.05) is 6.54 Å². The maximum Gasteiger partial charge on any atom is 0.408 e. The molecule has 0 fully saturated rings. The molecule has 0 aromatic heterocycles. The van der Waals surface area contributed by atoms with Crippen LogP contribution in [0.3, 0.4) is 0 Å². The quantitative estimate of drug-likeness (QED) is 0.355. The number of rotatable bonds is 11. The Hall–Kier alpha value is -3.34. The molecule has 4 N–H and O–H groups in total. The molecule has 0 spiro atoms. The highest BCUT2D eigenvalue weighted by Gasteiger charge is 2.33. The number of aliphatic carboxylic acids is 1. The van der Waals surface area contributed by atoms with Gasteiger partial charge in [0.1, 0.15) is 24.3 Å². The van der Waals surface area contributed by atoms with Gasteiger partial charge in [-0.2, -0.15) is 0 Å². The fraction of sp³-hybridized carbons (Fsp3) is 0.600. The van der Waals surface area contributed by atoms with Gasteiger partial charge in [0.2, 0.25) is 5.91 Å². The molecule has 11 nitrogen and oxygen atoms in total. The number of alkyl carbamates (subject to hydrolysis) is 2. The molecule has 1 aromatic carbocycles. The summed E-state index contributed by atoms with van der Waals surface area (Å²) in [5.41, 5.74) is -0.588. The highest BCUT2D eigenvalue weighted by molar-refractivity contribution is 5.89. The summed E-state index contributed by atoms with van der Waals surface area (Å²) < 4.78 is 16.2. The van der Waals surface area contributed by atoms with E-state index in [4.69, 9.17) is 14.2 Å². The monoisotopic (exact) mass is 509 g/mol. The lowest BCUT2D eigenvalue weighted by molar-refractivity contribution is -0.144. The van der Waals surface area contributed by atoms with Crippen LogP contribution in [0.1, 0.15) is 60.5 Å². The van der Waals surface area contributed by atoms with Crippen LogP contribution in [0.25, 0.3) is 0 Å². The molecule has 3 atom stereocenters. The van der Waals surface area contributed by atoms with Crippen LogP contribution >= 0.6 is 0 Å². The van der Waals surface area contributed by atoms with Crippen molar-refractivity contribution in [3.8, 4) is 0 Å². The normalized spacial score (nSPS) is 14.1. The second-order valence-electron chi connectivity index (χ2n) is 10.2. The van der Waals surface area contributed by atoms with Gasteiger partial charge in [0.05, 0.1) is 11.7 Å². The lowest BCUT2D eigenvalue weighted by atomic mass is 10.1. The summed E-state index contributed by atoms with van der Waals surface area (Å²) in [6.07, 6.45) is -2.49. The van der Waals surface area contributed by atoms with E-state index in [0.29, 0.717) is 0 Å². The molecule has 2 unspecified atom stereocenters. The number of amides is 3. The predicted octanol–water partition coefficient (Wildman–Crippen LogP) is 2.97. The number of benzene rings is 1. The van der Waals surface area contributed by atoms with Crippen LogP contribution < -0.4 is 16.0 Å². The zero-order valence-electron chi connectivity index (χ0n) is 22.0. The van der Waals surface area contributed by atoms with Crippen LogP contribution in [0.2, 0.25) is 0 Å². The third-order valence-corrected chi connectivity index (χ3v) is 4.49. The topological polar surface area (TPSA) is 152 Å². The molecule has 0 bridgehead atoms. The first-order valence-electron chi connectivity index (χ1n) is 11.7. The molecule has 0 aliphatic heterocycles. The van der Waals surface area contributed by atoms with E-state index in [-0.39, 0.29) is 19.6 Å². The Morgan fingerprint density at radius 3 is 2.06 bits per heavy atom. The highest BCUT2D eigenvalue weighted by atomic mass is 16.6. The average molecular weight is 510 g/mol. The fourth-order valence-electron chi connectivity index (χ4n) is 3.07. The van der Waals surface area contributed by atoms with Gasteiger partial charge in [-0.05, 0) is 60.5 Å². The zero-order chi connectivity index (χ0) is 27.5. The SMILES string of the molecule is CC(OC(C)(C)C)C(NC(=O)OCc1ccccc1)C(=O)N[C@@H](CCNC(=O)OC(C)(C)C)C(=O)O. The molecule has 0 aliphatic rings. The van der Waals surface area contributed by atoms with E-state index in [1.807, 2.05) is 6.07 Å². The third-order valence-electron chi connectivity index (χ3n) is 4.49. The van der Waals surface area contributed by atoms with Gasteiger partial charge in [-0.15, -0.1) is 0 Å². The minimum Gasteiger partial charge on any atom is -0.480 e. The first-order valence-corrected chi connectivity index (χ1v) is 11.7. The molecular formula is C25H39N3O8. The zero-order valence-corrected chi connectivity index (χ0v) is 22.0. The molecular weight excluding hydrogens is 470 g/mol. The van der Waals surface area contributed by atoms with E-state index < -0.39 is 53.5 Å². The van der Waals surface area contributed by atoms with Crippen LogP contribution in [-0.4, -0.2) is 65.1 Å². The molecule has 0 aliphatic carbocycles. The molecule has 1 aromatic rings. The molecule has 0 saturated heterocycles. The summed E-state index contributed by atoms with van der Waals surface area (Å²) in [6.45, 7) is 12.0. The van der Waals surface area contributed by atoms with Gasteiger partial charge in [-0.3, -0.25) is 4.79 Å². The Morgan fingerprint density at radius 2 is 1.53 bits per heavy atom. The van der Waals surface area contributed by atoms with Crippen LogP contribution in [0.5, 0.6) is 0 Å². The van der Waals surface area contributed by atoms with Crippen molar-refractivity contribution in [3.63, 3.8) is 0 Å². The highest BCUT2D eigenvalue weighted by Crippen LogP contribution is 2.14. The third kappa shape index (κ3) is 12.9. The Balaban J connectivity index is 2.83. The van der Waals surface area contributed by atoms with Crippen LogP contribution in [0, 0.1) is 0 Å². The number of carbonyl (C=O) groups is 4.